The van der Waals surface area contributed by atoms with Crippen molar-refractivity contribution < 1.29 is 4.79 Å². The molecule has 0 saturated carbocycles. The van der Waals surface area contributed by atoms with Gasteiger partial charge in [-0.25, -0.2) is 0 Å². The Balaban J connectivity index is 2.43. The van der Waals surface area contributed by atoms with Crippen molar-refractivity contribution >= 4 is 17.2 Å². The summed E-state index contributed by atoms with van der Waals surface area (Å²) in [5.41, 5.74) is 6.47. The van der Waals surface area contributed by atoms with Crippen LogP contribution >= 0.6 is 11.3 Å². The summed E-state index contributed by atoms with van der Waals surface area (Å²) in [6.07, 6.45) is 0.865. The topological polar surface area (TPSA) is 88.0 Å². The molecule has 0 saturated heterocycles. The zero-order valence-corrected chi connectivity index (χ0v) is 10.3. The molecule has 6 heteroatoms. The minimum absolute atomic E-state index is 0.115. The Labute approximate surface area is 98.1 Å². The molecule has 0 aliphatic rings. The van der Waals surface area contributed by atoms with E-state index in [9.17, 15) is 9.59 Å². The lowest BCUT2D eigenvalue weighted by molar-refractivity contribution is -0.123. The van der Waals surface area contributed by atoms with Crippen LogP contribution in [-0.2, 0) is 11.3 Å². The fraction of sp³-hybridized carbons (Fsp3) is 0.600. The Kier molecular flexibility index (Phi) is 4.70. The van der Waals surface area contributed by atoms with E-state index in [-0.39, 0.29) is 16.7 Å². The Bertz CT molecular complexity index is 399. The third kappa shape index (κ3) is 3.46. The Morgan fingerprint density at radius 3 is 2.88 bits per heavy atom. The first-order chi connectivity index (χ1) is 7.54. The van der Waals surface area contributed by atoms with Crippen LogP contribution in [0, 0.1) is 5.92 Å². The van der Waals surface area contributed by atoms with E-state index in [1.165, 1.54) is 0 Å². The van der Waals surface area contributed by atoms with Gasteiger partial charge in [0.1, 0.15) is 0 Å². The Morgan fingerprint density at radius 1 is 1.69 bits per heavy atom. The zero-order valence-electron chi connectivity index (χ0n) is 9.45. The van der Waals surface area contributed by atoms with Gasteiger partial charge in [-0.15, -0.1) is 0 Å². The molecule has 0 spiro atoms. The molecular formula is C10H17N3O2S. The number of hydrogen-bond acceptors (Lipinski definition) is 4. The third-order valence-electron chi connectivity index (χ3n) is 2.58. The summed E-state index contributed by atoms with van der Waals surface area (Å²) in [5.74, 6) is -0.0251. The minimum atomic E-state index is -0.490. The number of carbonyl (C=O) groups is 1. The fourth-order valence-corrected chi connectivity index (χ4v) is 1.79. The van der Waals surface area contributed by atoms with Crippen LogP contribution in [0.3, 0.4) is 0 Å². The molecule has 0 bridgehead atoms. The molecule has 1 aromatic heterocycles. The Hall–Kier alpha value is -1.14. The summed E-state index contributed by atoms with van der Waals surface area (Å²) in [4.78, 5) is 25.0. The monoisotopic (exact) mass is 243 g/mol. The van der Waals surface area contributed by atoms with E-state index in [4.69, 9.17) is 5.73 Å². The lowest BCUT2D eigenvalue weighted by Gasteiger charge is -2.17. The number of hydrogen-bond donors (Lipinski definition) is 3. The first-order valence-electron chi connectivity index (χ1n) is 5.24. The average molecular weight is 243 g/mol. The van der Waals surface area contributed by atoms with E-state index in [2.05, 4.69) is 10.3 Å². The van der Waals surface area contributed by atoms with E-state index in [0.29, 0.717) is 12.2 Å². The fourth-order valence-electron chi connectivity index (χ4n) is 1.21. The van der Waals surface area contributed by atoms with Gasteiger partial charge in [-0.05, 0) is 5.92 Å². The number of thiazole rings is 1. The molecule has 0 aromatic carbocycles. The molecule has 1 unspecified atom stereocenters. The maximum atomic E-state index is 11.6. The quantitative estimate of drug-likeness (QED) is 0.700. The summed E-state index contributed by atoms with van der Waals surface area (Å²) < 4.78 is 0. The van der Waals surface area contributed by atoms with Crippen LogP contribution in [0.2, 0.25) is 0 Å². The van der Waals surface area contributed by atoms with Crippen molar-refractivity contribution in [2.75, 3.05) is 0 Å². The van der Waals surface area contributed by atoms with Gasteiger partial charge in [0.2, 0.25) is 5.91 Å². The molecule has 0 aliphatic carbocycles. The molecule has 4 N–H and O–H groups in total. The van der Waals surface area contributed by atoms with Crippen molar-refractivity contribution in [3.8, 4) is 0 Å². The highest BCUT2D eigenvalue weighted by atomic mass is 32.1. The van der Waals surface area contributed by atoms with Crippen LogP contribution < -0.4 is 15.9 Å². The van der Waals surface area contributed by atoms with Crippen molar-refractivity contribution in [3.63, 3.8) is 0 Å². The molecule has 1 aromatic rings. The second-order valence-corrected chi connectivity index (χ2v) is 4.64. The predicted molar refractivity (Wildman–Crippen MR) is 64.2 cm³/mol. The van der Waals surface area contributed by atoms with Gasteiger partial charge < -0.3 is 16.0 Å². The van der Waals surface area contributed by atoms with Gasteiger partial charge in [-0.1, -0.05) is 31.6 Å². The molecule has 16 heavy (non-hydrogen) atoms. The Morgan fingerprint density at radius 2 is 2.38 bits per heavy atom. The van der Waals surface area contributed by atoms with Gasteiger partial charge in [-0.3, -0.25) is 9.59 Å². The van der Waals surface area contributed by atoms with Crippen LogP contribution in [0.15, 0.2) is 10.2 Å². The van der Waals surface area contributed by atoms with Crippen LogP contribution in [0.1, 0.15) is 26.0 Å². The number of nitrogens with one attached hydrogen (secondary N) is 2. The van der Waals surface area contributed by atoms with Crippen LogP contribution in [0.4, 0.5) is 0 Å². The van der Waals surface area contributed by atoms with E-state index in [1.807, 2.05) is 13.8 Å². The normalized spacial score (nSPS) is 14.4. The van der Waals surface area contributed by atoms with Crippen molar-refractivity contribution in [1.82, 2.24) is 10.3 Å². The molecule has 1 amide bonds. The smallest absolute Gasteiger partial charge is 0.304 e. The van der Waals surface area contributed by atoms with Crippen molar-refractivity contribution in [2.24, 2.45) is 11.7 Å². The predicted octanol–water partition coefficient (Wildman–Crippen LogP) is 0.426. The number of H-pyrrole nitrogens is 1. The second-order valence-electron chi connectivity index (χ2n) is 3.80. The maximum Gasteiger partial charge on any atom is 0.304 e. The SMILES string of the molecule is CCC(C)[C@H](N)C(=O)NCc1csc(=O)[nH]1. The molecule has 2 atom stereocenters. The summed E-state index contributed by atoms with van der Waals surface area (Å²) in [6.45, 7) is 4.26. The van der Waals surface area contributed by atoms with Crippen LogP contribution in [0.5, 0.6) is 0 Å². The van der Waals surface area contributed by atoms with Crippen molar-refractivity contribution in [3.05, 3.63) is 20.7 Å². The molecular weight excluding hydrogens is 226 g/mol. The van der Waals surface area contributed by atoms with Crippen molar-refractivity contribution in [1.29, 1.82) is 0 Å². The zero-order chi connectivity index (χ0) is 12.1. The number of amides is 1. The van der Waals surface area contributed by atoms with E-state index < -0.39 is 6.04 Å². The van der Waals surface area contributed by atoms with Gasteiger partial charge >= 0.3 is 4.87 Å². The molecule has 5 nitrogen and oxygen atoms in total. The molecule has 1 rings (SSSR count). The number of aromatic amines is 1. The molecule has 0 fully saturated rings. The summed E-state index contributed by atoms with van der Waals surface area (Å²) in [5, 5.41) is 4.39. The number of carbonyl (C=O) groups excluding carboxylic acids is 1. The minimum Gasteiger partial charge on any atom is -0.349 e. The molecule has 1 heterocycles. The molecule has 0 aliphatic heterocycles. The molecule has 90 valence electrons. The summed E-state index contributed by atoms with van der Waals surface area (Å²) in [7, 11) is 0. The summed E-state index contributed by atoms with van der Waals surface area (Å²) in [6, 6.07) is -0.490. The van der Waals surface area contributed by atoms with Gasteiger partial charge in [0.05, 0.1) is 12.6 Å². The number of rotatable bonds is 5. The van der Waals surface area contributed by atoms with Crippen molar-refractivity contribution in [2.45, 2.75) is 32.9 Å². The van der Waals surface area contributed by atoms with Gasteiger partial charge in [0, 0.05) is 11.1 Å². The lowest BCUT2D eigenvalue weighted by Crippen LogP contribution is -2.44. The first kappa shape index (κ1) is 12.9. The highest BCUT2D eigenvalue weighted by Gasteiger charge is 2.18. The lowest BCUT2D eigenvalue weighted by atomic mass is 9.99. The molecule has 0 radical (unpaired) electrons. The third-order valence-corrected chi connectivity index (χ3v) is 3.30. The van der Waals surface area contributed by atoms with E-state index in [1.54, 1.807) is 5.38 Å². The number of aromatic nitrogens is 1. The van der Waals surface area contributed by atoms with Gasteiger partial charge in [0.15, 0.2) is 0 Å². The highest BCUT2D eigenvalue weighted by molar-refractivity contribution is 7.07. The van der Waals surface area contributed by atoms with Gasteiger partial charge in [0.25, 0.3) is 0 Å². The first-order valence-corrected chi connectivity index (χ1v) is 6.12. The largest absolute Gasteiger partial charge is 0.349 e. The van der Waals surface area contributed by atoms with E-state index in [0.717, 1.165) is 17.8 Å². The van der Waals surface area contributed by atoms with Gasteiger partial charge in [-0.2, -0.15) is 0 Å². The highest BCUT2D eigenvalue weighted by Crippen LogP contribution is 2.05. The average Bonchev–Trinajstić information content (AvgIpc) is 2.69. The maximum absolute atomic E-state index is 11.6. The number of nitrogens with two attached hydrogens (primary N) is 1. The second kappa shape index (κ2) is 5.81. The standard InChI is InChI=1S/C10H17N3O2S/c1-3-6(2)8(11)9(14)12-4-7-5-16-10(15)13-7/h5-6,8H,3-4,11H2,1-2H3,(H,12,14)(H,13,15)/t6?,8-/m0/s1. The van der Waals surface area contributed by atoms with Crippen LogP contribution in [0.25, 0.3) is 0 Å². The summed E-state index contributed by atoms with van der Waals surface area (Å²) >= 11 is 1.08. The van der Waals surface area contributed by atoms with Crippen LogP contribution in [-0.4, -0.2) is 16.9 Å². The van der Waals surface area contributed by atoms with E-state index >= 15 is 0 Å².